The molecule has 0 fully saturated rings. The first kappa shape index (κ1) is 9.02. The highest BCUT2D eigenvalue weighted by molar-refractivity contribution is 5.84. The molecule has 0 spiro atoms. The first-order chi connectivity index (χ1) is 7.29. The minimum Gasteiger partial charge on any atom is -0.443 e. The van der Waals surface area contributed by atoms with Gasteiger partial charge in [0.15, 0.2) is 18.2 Å². The van der Waals surface area contributed by atoms with Crippen molar-refractivity contribution in [2.45, 2.75) is 0 Å². The molecule has 0 bridgehead atoms. The van der Waals surface area contributed by atoms with Gasteiger partial charge in [0.25, 0.3) is 0 Å². The molecule has 0 aliphatic heterocycles. The van der Waals surface area contributed by atoms with Crippen molar-refractivity contribution in [1.82, 2.24) is 10.3 Å². The predicted molar refractivity (Wildman–Crippen MR) is 54.0 cm³/mol. The number of rotatable bonds is 1. The second kappa shape index (κ2) is 3.67. The Hall–Kier alpha value is -2.55. The van der Waals surface area contributed by atoms with Gasteiger partial charge in [-0.1, -0.05) is 0 Å². The van der Waals surface area contributed by atoms with Crippen LogP contribution in [0.2, 0.25) is 0 Å². The summed E-state index contributed by atoms with van der Waals surface area (Å²) in [5.74, 6) is 0.0420. The summed E-state index contributed by atoms with van der Waals surface area (Å²) in [6.07, 6.45) is 3.04. The van der Waals surface area contributed by atoms with Crippen molar-refractivity contribution < 1.29 is 4.42 Å². The van der Waals surface area contributed by atoms with Gasteiger partial charge >= 0.3 is 0 Å². The van der Waals surface area contributed by atoms with Gasteiger partial charge in [-0.3, -0.25) is 5.32 Å². The van der Waals surface area contributed by atoms with Crippen molar-refractivity contribution in [3.05, 3.63) is 24.6 Å². The number of hydrogen-bond donors (Lipinski definition) is 2. The van der Waals surface area contributed by atoms with Crippen LogP contribution in [0.5, 0.6) is 0 Å². The van der Waals surface area contributed by atoms with Gasteiger partial charge in [0.2, 0.25) is 5.96 Å². The zero-order valence-corrected chi connectivity index (χ0v) is 7.64. The van der Waals surface area contributed by atoms with Gasteiger partial charge < -0.3 is 10.2 Å². The molecule has 0 saturated carbocycles. The van der Waals surface area contributed by atoms with Gasteiger partial charge in [-0.25, -0.2) is 9.98 Å². The average Bonchev–Trinajstić information content (AvgIpc) is 2.65. The second-order valence-corrected chi connectivity index (χ2v) is 2.74. The van der Waals surface area contributed by atoms with Crippen LogP contribution in [-0.2, 0) is 0 Å². The molecule has 3 N–H and O–H groups in total. The molecule has 2 rings (SSSR count). The summed E-state index contributed by atoms with van der Waals surface area (Å²) < 4.78 is 5.07. The van der Waals surface area contributed by atoms with Crippen molar-refractivity contribution in [2.24, 2.45) is 10.7 Å². The molecule has 0 radical (unpaired) electrons. The summed E-state index contributed by atoms with van der Waals surface area (Å²) in [5, 5.41) is 10.5. The fourth-order valence-corrected chi connectivity index (χ4v) is 1.14. The minimum absolute atomic E-state index is 0.0420. The number of fused-ring (bicyclic) bond motifs is 1. The second-order valence-electron chi connectivity index (χ2n) is 2.74. The molecule has 74 valence electrons. The van der Waals surface area contributed by atoms with Gasteiger partial charge in [0, 0.05) is 0 Å². The number of oxazole rings is 1. The molecule has 1 aromatic carbocycles. The predicted octanol–water partition coefficient (Wildman–Crippen LogP) is 0.845. The van der Waals surface area contributed by atoms with Crippen molar-refractivity contribution >= 4 is 22.7 Å². The third kappa shape index (κ3) is 1.86. The summed E-state index contributed by atoms with van der Waals surface area (Å²) in [5.41, 5.74) is 7.39. The zero-order chi connectivity index (χ0) is 10.7. The summed E-state index contributed by atoms with van der Waals surface area (Å²) in [4.78, 5) is 7.93. The first-order valence-corrected chi connectivity index (χ1v) is 4.12. The Bertz CT molecular complexity index is 551. The maximum absolute atomic E-state index is 8.30. The number of nitrogens with zero attached hydrogens (tertiary/aromatic N) is 3. The van der Waals surface area contributed by atoms with E-state index in [2.05, 4.69) is 15.3 Å². The van der Waals surface area contributed by atoms with E-state index in [-0.39, 0.29) is 5.96 Å². The number of nitriles is 1. The topological polar surface area (TPSA) is 100 Å². The van der Waals surface area contributed by atoms with E-state index in [4.69, 9.17) is 15.4 Å². The number of nitrogens with one attached hydrogen (secondary N) is 1. The SMILES string of the molecule is N#CNC(N)=Nc1ccc2ocnc2c1. The normalized spacial score (nSPS) is 11.3. The van der Waals surface area contributed by atoms with E-state index in [1.54, 1.807) is 24.4 Å². The molecule has 0 unspecified atom stereocenters. The highest BCUT2D eigenvalue weighted by atomic mass is 16.3. The van der Waals surface area contributed by atoms with Crippen molar-refractivity contribution in [3.63, 3.8) is 0 Å². The average molecular weight is 201 g/mol. The maximum Gasteiger partial charge on any atom is 0.207 e. The molecule has 15 heavy (non-hydrogen) atoms. The molecule has 2 aromatic rings. The van der Waals surface area contributed by atoms with E-state index in [0.717, 1.165) is 0 Å². The van der Waals surface area contributed by atoms with Crippen LogP contribution >= 0.6 is 0 Å². The van der Waals surface area contributed by atoms with Crippen LogP contribution in [0.1, 0.15) is 0 Å². The number of aromatic nitrogens is 1. The molecule has 0 saturated heterocycles. The highest BCUT2D eigenvalue weighted by Crippen LogP contribution is 2.19. The Morgan fingerprint density at radius 3 is 3.27 bits per heavy atom. The van der Waals surface area contributed by atoms with Gasteiger partial charge in [0.05, 0.1) is 5.69 Å². The first-order valence-electron chi connectivity index (χ1n) is 4.12. The lowest BCUT2D eigenvalue weighted by atomic mass is 10.3. The van der Waals surface area contributed by atoms with Gasteiger partial charge in [-0.05, 0) is 18.2 Å². The van der Waals surface area contributed by atoms with Crippen LogP contribution in [0.4, 0.5) is 5.69 Å². The summed E-state index contributed by atoms with van der Waals surface area (Å²) in [7, 11) is 0. The number of hydrogen-bond acceptors (Lipinski definition) is 4. The number of guanidine groups is 1. The van der Waals surface area contributed by atoms with Gasteiger partial charge in [-0.2, -0.15) is 5.26 Å². The largest absolute Gasteiger partial charge is 0.443 e. The fourth-order valence-electron chi connectivity index (χ4n) is 1.14. The third-order valence-electron chi connectivity index (χ3n) is 1.75. The van der Waals surface area contributed by atoms with Crippen molar-refractivity contribution in [2.75, 3.05) is 0 Å². The molecular formula is C9H7N5O. The zero-order valence-electron chi connectivity index (χ0n) is 7.64. The molecule has 1 aromatic heterocycles. The molecule has 6 nitrogen and oxygen atoms in total. The van der Waals surface area contributed by atoms with Crippen LogP contribution in [0.15, 0.2) is 34.0 Å². The van der Waals surface area contributed by atoms with Crippen LogP contribution in [-0.4, -0.2) is 10.9 Å². The molecule has 6 heteroatoms. The molecule has 1 heterocycles. The van der Waals surface area contributed by atoms with Crippen LogP contribution < -0.4 is 11.1 Å². The molecular weight excluding hydrogens is 194 g/mol. The Morgan fingerprint density at radius 1 is 1.60 bits per heavy atom. The van der Waals surface area contributed by atoms with E-state index in [1.807, 2.05) is 0 Å². The summed E-state index contributed by atoms with van der Waals surface area (Å²) in [6.45, 7) is 0. The Balaban J connectivity index is 2.37. The van der Waals surface area contributed by atoms with Crippen molar-refractivity contribution in [3.8, 4) is 6.19 Å². The molecule has 0 aliphatic carbocycles. The quantitative estimate of drug-likeness (QED) is 0.308. The number of aliphatic imine (C=N–C) groups is 1. The van der Waals surface area contributed by atoms with Crippen molar-refractivity contribution in [1.29, 1.82) is 5.26 Å². The lowest BCUT2D eigenvalue weighted by Gasteiger charge is -1.96. The lowest BCUT2D eigenvalue weighted by Crippen LogP contribution is -2.26. The number of nitrogens with two attached hydrogens (primary N) is 1. The van der Waals surface area contributed by atoms with Gasteiger partial charge in [-0.15, -0.1) is 0 Å². The number of benzene rings is 1. The van der Waals surface area contributed by atoms with E-state index in [1.165, 1.54) is 6.39 Å². The summed E-state index contributed by atoms with van der Waals surface area (Å²) in [6, 6.07) is 5.17. The Kier molecular flexibility index (Phi) is 2.21. The Morgan fingerprint density at radius 2 is 2.47 bits per heavy atom. The lowest BCUT2D eigenvalue weighted by molar-refractivity contribution is 0.602. The standard InChI is InChI=1S/C9H7N5O/c10-4-12-9(11)14-6-1-2-8-7(3-6)13-5-15-8/h1-3,5H,(H3,11,12,14). The molecule has 0 amide bonds. The highest BCUT2D eigenvalue weighted by Gasteiger charge is 1.99. The minimum atomic E-state index is 0.0420. The van der Waals surface area contributed by atoms with Crippen LogP contribution in [0.3, 0.4) is 0 Å². The van der Waals surface area contributed by atoms with E-state index < -0.39 is 0 Å². The van der Waals surface area contributed by atoms with E-state index >= 15 is 0 Å². The third-order valence-corrected chi connectivity index (χ3v) is 1.75. The summed E-state index contributed by atoms with van der Waals surface area (Å²) >= 11 is 0. The monoisotopic (exact) mass is 201 g/mol. The molecule has 0 aliphatic rings. The van der Waals surface area contributed by atoms with Crippen LogP contribution in [0, 0.1) is 11.5 Å². The van der Waals surface area contributed by atoms with E-state index in [9.17, 15) is 0 Å². The van der Waals surface area contributed by atoms with E-state index in [0.29, 0.717) is 16.8 Å². The maximum atomic E-state index is 8.30. The fraction of sp³-hybridized carbons (Fsp3) is 0. The van der Waals surface area contributed by atoms with Crippen LogP contribution in [0.25, 0.3) is 11.1 Å². The Labute approximate surface area is 85.0 Å². The smallest absolute Gasteiger partial charge is 0.207 e. The molecule has 0 atom stereocenters. The van der Waals surface area contributed by atoms with Gasteiger partial charge in [0.1, 0.15) is 5.52 Å².